The van der Waals surface area contributed by atoms with E-state index in [1.165, 1.54) is 24.3 Å². The van der Waals surface area contributed by atoms with Gasteiger partial charge in [-0.1, -0.05) is 25.3 Å². The molecule has 2 amide bonds. The van der Waals surface area contributed by atoms with Crippen LogP contribution in [0.2, 0.25) is 0 Å². The molecule has 1 fully saturated rings. The third-order valence-corrected chi connectivity index (χ3v) is 4.88. The highest BCUT2D eigenvalue weighted by Crippen LogP contribution is 2.25. The number of hydrogen-bond acceptors (Lipinski definition) is 5. The summed E-state index contributed by atoms with van der Waals surface area (Å²) in [5.74, 6) is -0.455. The van der Waals surface area contributed by atoms with Crippen LogP contribution < -0.4 is 10.6 Å². The summed E-state index contributed by atoms with van der Waals surface area (Å²) in [6.07, 6.45) is 5.11. The molecule has 1 aliphatic carbocycles. The fraction of sp³-hybridized carbons (Fsp3) is 0.400. The summed E-state index contributed by atoms with van der Waals surface area (Å²) >= 11 is 0. The predicted molar refractivity (Wildman–Crippen MR) is 104 cm³/mol. The highest BCUT2D eigenvalue weighted by molar-refractivity contribution is 6.04. The SMILES string of the molecule is COC(=O)c1cccc(NC(=O)c2cc(NC(=O)C3CCCCC3)n(C)n2)c1. The Morgan fingerprint density at radius 1 is 1.11 bits per heavy atom. The highest BCUT2D eigenvalue weighted by atomic mass is 16.5. The van der Waals surface area contributed by atoms with Crippen LogP contribution in [0.1, 0.15) is 53.0 Å². The first-order valence-corrected chi connectivity index (χ1v) is 9.32. The van der Waals surface area contributed by atoms with Gasteiger partial charge in [-0.15, -0.1) is 0 Å². The van der Waals surface area contributed by atoms with E-state index in [2.05, 4.69) is 20.5 Å². The number of nitrogens with zero attached hydrogens (tertiary/aromatic N) is 2. The van der Waals surface area contributed by atoms with Crippen molar-refractivity contribution in [2.24, 2.45) is 13.0 Å². The smallest absolute Gasteiger partial charge is 0.337 e. The van der Waals surface area contributed by atoms with Gasteiger partial charge in [0.15, 0.2) is 5.69 Å². The van der Waals surface area contributed by atoms with Crippen molar-refractivity contribution >= 4 is 29.3 Å². The van der Waals surface area contributed by atoms with Crippen LogP contribution in [0.15, 0.2) is 30.3 Å². The molecule has 8 nitrogen and oxygen atoms in total. The molecule has 0 saturated heterocycles. The molecule has 0 atom stereocenters. The Morgan fingerprint density at radius 2 is 1.86 bits per heavy atom. The van der Waals surface area contributed by atoms with E-state index in [0.29, 0.717) is 17.1 Å². The van der Waals surface area contributed by atoms with Crippen LogP contribution in [0.4, 0.5) is 11.5 Å². The monoisotopic (exact) mass is 384 g/mol. The van der Waals surface area contributed by atoms with Crippen molar-refractivity contribution in [3.63, 3.8) is 0 Å². The van der Waals surface area contributed by atoms with E-state index in [-0.39, 0.29) is 17.5 Å². The number of aromatic nitrogens is 2. The first-order valence-electron chi connectivity index (χ1n) is 9.32. The van der Waals surface area contributed by atoms with Crippen LogP contribution in [0.5, 0.6) is 0 Å². The number of rotatable bonds is 5. The number of nitrogens with one attached hydrogen (secondary N) is 2. The lowest BCUT2D eigenvalue weighted by atomic mass is 9.89. The maximum absolute atomic E-state index is 12.5. The number of carbonyl (C=O) groups excluding carboxylic acids is 3. The van der Waals surface area contributed by atoms with Crippen LogP contribution in [-0.4, -0.2) is 34.7 Å². The fourth-order valence-electron chi connectivity index (χ4n) is 3.33. The maximum Gasteiger partial charge on any atom is 0.337 e. The highest BCUT2D eigenvalue weighted by Gasteiger charge is 2.23. The summed E-state index contributed by atoms with van der Waals surface area (Å²) in [7, 11) is 2.97. The zero-order chi connectivity index (χ0) is 20.1. The number of benzene rings is 1. The number of ether oxygens (including phenoxy) is 1. The van der Waals surface area contributed by atoms with Crippen molar-refractivity contribution in [1.29, 1.82) is 0 Å². The molecule has 3 rings (SSSR count). The summed E-state index contributed by atoms with van der Waals surface area (Å²) < 4.78 is 6.15. The second kappa shape index (κ2) is 8.69. The van der Waals surface area contributed by atoms with Crippen molar-refractivity contribution in [1.82, 2.24) is 9.78 Å². The second-order valence-corrected chi connectivity index (χ2v) is 6.89. The summed E-state index contributed by atoms with van der Waals surface area (Å²) in [6.45, 7) is 0. The normalized spacial score (nSPS) is 14.4. The first kappa shape index (κ1) is 19.6. The average Bonchev–Trinajstić information content (AvgIpc) is 3.08. The number of anilines is 2. The summed E-state index contributed by atoms with van der Waals surface area (Å²) in [4.78, 5) is 36.5. The van der Waals surface area contributed by atoms with Crippen molar-refractivity contribution in [3.05, 3.63) is 41.6 Å². The number of aryl methyl sites for hydroxylation is 1. The molecule has 0 radical (unpaired) electrons. The van der Waals surface area contributed by atoms with Crippen LogP contribution in [0.3, 0.4) is 0 Å². The zero-order valence-corrected chi connectivity index (χ0v) is 16.0. The Bertz CT molecular complexity index is 884. The molecule has 2 aromatic rings. The minimum absolute atomic E-state index is 0.0157. The van der Waals surface area contributed by atoms with Crippen LogP contribution in [0, 0.1) is 5.92 Å². The van der Waals surface area contributed by atoms with E-state index >= 15 is 0 Å². The largest absolute Gasteiger partial charge is 0.465 e. The minimum Gasteiger partial charge on any atom is -0.465 e. The topological polar surface area (TPSA) is 102 Å². The number of esters is 1. The number of carbonyl (C=O) groups is 3. The number of hydrogen-bond donors (Lipinski definition) is 2. The molecule has 1 saturated carbocycles. The number of amides is 2. The maximum atomic E-state index is 12.5. The molecule has 8 heteroatoms. The third kappa shape index (κ3) is 4.57. The number of methoxy groups -OCH3 is 1. The lowest BCUT2D eigenvalue weighted by molar-refractivity contribution is -0.120. The van der Waals surface area contributed by atoms with Gasteiger partial charge < -0.3 is 15.4 Å². The molecule has 1 aromatic carbocycles. The Morgan fingerprint density at radius 3 is 2.57 bits per heavy atom. The van der Waals surface area contributed by atoms with Crippen molar-refractivity contribution < 1.29 is 19.1 Å². The van der Waals surface area contributed by atoms with Crippen molar-refractivity contribution in [2.45, 2.75) is 32.1 Å². The molecule has 0 bridgehead atoms. The second-order valence-electron chi connectivity index (χ2n) is 6.89. The summed E-state index contributed by atoms with van der Waals surface area (Å²) in [5, 5.41) is 9.75. The van der Waals surface area contributed by atoms with Crippen LogP contribution in [-0.2, 0) is 16.6 Å². The lowest BCUT2D eigenvalue weighted by Crippen LogP contribution is -2.25. The molecule has 1 aromatic heterocycles. The van der Waals surface area contributed by atoms with Gasteiger partial charge in [0.2, 0.25) is 5.91 Å². The van der Waals surface area contributed by atoms with Gasteiger partial charge in [0.1, 0.15) is 5.82 Å². The predicted octanol–water partition coefficient (Wildman–Crippen LogP) is 2.98. The van der Waals surface area contributed by atoms with Crippen molar-refractivity contribution in [3.8, 4) is 0 Å². The first-order chi connectivity index (χ1) is 13.5. The Hall–Kier alpha value is -3.16. The Balaban J connectivity index is 1.67. The quantitative estimate of drug-likeness (QED) is 0.772. The third-order valence-electron chi connectivity index (χ3n) is 4.88. The van der Waals surface area contributed by atoms with Gasteiger partial charge in [-0.25, -0.2) is 4.79 Å². The molecule has 0 unspecified atom stereocenters. The Labute approximate surface area is 163 Å². The molecule has 2 N–H and O–H groups in total. The fourth-order valence-corrected chi connectivity index (χ4v) is 3.33. The molecular formula is C20H24N4O4. The molecular weight excluding hydrogens is 360 g/mol. The molecule has 1 heterocycles. The van der Waals surface area contributed by atoms with Gasteiger partial charge in [0.25, 0.3) is 5.91 Å². The van der Waals surface area contributed by atoms with Crippen LogP contribution in [0.25, 0.3) is 0 Å². The van der Waals surface area contributed by atoms with E-state index in [0.717, 1.165) is 25.7 Å². The molecule has 0 spiro atoms. The standard InChI is InChI=1S/C20H24N4O4/c1-24-17(22-18(25)13-7-4-3-5-8-13)12-16(23-24)19(26)21-15-10-6-9-14(11-15)20(27)28-2/h6,9-13H,3-5,7-8H2,1-2H3,(H,21,26)(H,22,25). The van der Waals surface area contributed by atoms with Gasteiger partial charge in [-0.05, 0) is 31.0 Å². The van der Waals surface area contributed by atoms with E-state index in [1.807, 2.05) is 0 Å². The van der Waals surface area contributed by atoms with Crippen LogP contribution >= 0.6 is 0 Å². The van der Waals surface area contributed by atoms with Gasteiger partial charge in [-0.2, -0.15) is 5.10 Å². The van der Waals surface area contributed by atoms with E-state index in [4.69, 9.17) is 0 Å². The summed E-state index contributed by atoms with van der Waals surface area (Å²) in [6, 6.07) is 7.98. The summed E-state index contributed by atoms with van der Waals surface area (Å²) in [5.41, 5.74) is 0.956. The van der Waals surface area contributed by atoms with Gasteiger partial charge in [0, 0.05) is 24.7 Å². The van der Waals surface area contributed by atoms with Crippen molar-refractivity contribution in [2.75, 3.05) is 17.7 Å². The molecule has 148 valence electrons. The lowest BCUT2D eigenvalue weighted by Gasteiger charge is -2.20. The average molecular weight is 384 g/mol. The van der Waals surface area contributed by atoms with Gasteiger partial charge >= 0.3 is 5.97 Å². The molecule has 0 aliphatic heterocycles. The minimum atomic E-state index is -0.485. The zero-order valence-electron chi connectivity index (χ0n) is 16.0. The van der Waals surface area contributed by atoms with Gasteiger partial charge in [-0.3, -0.25) is 14.3 Å². The molecule has 1 aliphatic rings. The molecule has 28 heavy (non-hydrogen) atoms. The van der Waals surface area contributed by atoms with E-state index in [1.54, 1.807) is 31.3 Å². The van der Waals surface area contributed by atoms with Gasteiger partial charge in [0.05, 0.1) is 12.7 Å². The Kier molecular flexibility index (Phi) is 6.08. The van der Waals surface area contributed by atoms with E-state index in [9.17, 15) is 14.4 Å². The van der Waals surface area contributed by atoms with E-state index < -0.39 is 11.9 Å².